The average Bonchev–Trinajstić information content (AvgIpc) is 2.67. The summed E-state index contributed by atoms with van der Waals surface area (Å²) in [7, 11) is 1.88. The zero-order valence-electron chi connectivity index (χ0n) is 17.7. The van der Waals surface area contributed by atoms with E-state index in [1.807, 2.05) is 36.2 Å². The van der Waals surface area contributed by atoms with Gasteiger partial charge in [-0.1, -0.05) is 46.2 Å². The number of carbonyl (C=O) groups is 1. The maximum Gasteiger partial charge on any atom is 0.321 e. The van der Waals surface area contributed by atoms with Crippen molar-refractivity contribution in [2.75, 3.05) is 32.0 Å². The number of carbonyl (C=O) groups excluding carboxylic acids is 1. The number of aliphatic hydroxyl groups excluding tert-OH is 1. The van der Waals surface area contributed by atoms with Gasteiger partial charge in [-0.25, -0.2) is 4.79 Å². The molecule has 0 spiro atoms. The van der Waals surface area contributed by atoms with Gasteiger partial charge >= 0.3 is 6.03 Å². The molecule has 0 aromatic heterocycles. The van der Waals surface area contributed by atoms with E-state index in [1.165, 1.54) is 0 Å². The number of urea groups is 1. The summed E-state index contributed by atoms with van der Waals surface area (Å²) < 4.78 is 0. The van der Waals surface area contributed by atoms with Crippen LogP contribution in [-0.2, 0) is 0 Å². The predicted octanol–water partition coefficient (Wildman–Crippen LogP) is 4.49. The van der Waals surface area contributed by atoms with Crippen LogP contribution in [0, 0.1) is 5.41 Å². The Hall–Kier alpha value is -1.59. The Balaban J connectivity index is 1.93. The van der Waals surface area contributed by atoms with E-state index in [4.69, 9.17) is 0 Å². The fourth-order valence-corrected chi connectivity index (χ4v) is 3.98. The number of anilines is 1. The van der Waals surface area contributed by atoms with Crippen molar-refractivity contribution in [3.8, 4) is 0 Å². The van der Waals surface area contributed by atoms with Crippen LogP contribution in [0.4, 0.5) is 10.5 Å². The fourth-order valence-electron chi connectivity index (χ4n) is 3.98. The second kappa shape index (κ2) is 9.56. The van der Waals surface area contributed by atoms with Crippen molar-refractivity contribution in [2.45, 2.75) is 65.5 Å². The molecule has 0 aliphatic carbocycles. The Kier molecular flexibility index (Phi) is 7.68. The number of likely N-dealkylation sites (tertiary alicyclic amines) is 1. The van der Waals surface area contributed by atoms with Crippen molar-refractivity contribution in [3.63, 3.8) is 0 Å². The smallest absolute Gasteiger partial charge is 0.321 e. The molecular weight excluding hydrogens is 338 g/mol. The number of rotatable bonds is 7. The number of nitrogens with one attached hydrogen (secondary N) is 1. The second-order valence-electron chi connectivity index (χ2n) is 8.47. The number of nitrogens with zero attached hydrogens (tertiary/aromatic N) is 2. The van der Waals surface area contributed by atoms with E-state index in [9.17, 15) is 9.90 Å². The Bertz CT molecular complexity index is 592. The number of aliphatic hydroxyl groups is 1. The van der Waals surface area contributed by atoms with E-state index in [1.54, 1.807) is 0 Å². The van der Waals surface area contributed by atoms with Crippen LogP contribution in [0.25, 0.3) is 0 Å². The first kappa shape index (κ1) is 21.7. The quantitative estimate of drug-likeness (QED) is 0.738. The topological polar surface area (TPSA) is 55.8 Å². The Morgan fingerprint density at radius 2 is 1.85 bits per heavy atom. The van der Waals surface area contributed by atoms with Gasteiger partial charge in [0.05, 0.1) is 6.10 Å². The van der Waals surface area contributed by atoms with Crippen molar-refractivity contribution >= 4 is 11.7 Å². The van der Waals surface area contributed by atoms with E-state index in [0.717, 1.165) is 56.6 Å². The molecule has 1 unspecified atom stereocenters. The molecule has 2 rings (SSSR count). The monoisotopic (exact) mass is 375 g/mol. The maximum atomic E-state index is 12.6. The average molecular weight is 376 g/mol. The molecular formula is C22H37N3O2. The summed E-state index contributed by atoms with van der Waals surface area (Å²) in [5, 5.41) is 13.6. The van der Waals surface area contributed by atoms with Crippen LogP contribution in [0.15, 0.2) is 24.3 Å². The van der Waals surface area contributed by atoms with E-state index in [-0.39, 0.29) is 11.4 Å². The number of benzene rings is 1. The van der Waals surface area contributed by atoms with Gasteiger partial charge in [-0.2, -0.15) is 0 Å². The van der Waals surface area contributed by atoms with Crippen molar-refractivity contribution in [1.29, 1.82) is 0 Å². The lowest BCUT2D eigenvalue weighted by molar-refractivity contribution is 0.0425. The van der Waals surface area contributed by atoms with E-state index in [0.29, 0.717) is 6.04 Å². The Morgan fingerprint density at radius 1 is 1.26 bits per heavy atom. The normalized spacial score (nSPS) is 17.6. The third-order valence-electron chi connectivity index (χ3n) is 5.98. The van der Waals surface area contributed by atoms with Gasteiger partial charge in [0.2, 0.25) is 0 Å². The molecule has 1 aromatic carbocycles. The summed E-state index contributed by atoms with van der Waals surface area (Å²) >= 11 is 0. The van der Waals surface area contributed by atoms with Crippen LogP contribution in [0.5, 0.6) is 0 Å². The van der Waals surface area contributed by atoms with Crippen molar-refractivity contribution in [3.05, 3.63) is 29.8 Å². The zero-order valence-corrected chi connectivity index (χ0v) is 17.7. The molecule has 0 radical (unpaired) electrons. The van der Waals surface area contributed by atoms with Gasteiger partial charge in [0.1, 0.15) is 0 Å². The molecule has 1 aliphatic rings. The molecule has 152 valence electrons. The minimum absolute atomic E-state index is 0.0652. The van der Waals surface area contributed by atoms with Crippen LogP contribution in [0.3, 0.4) is 0 Å². The van der Waals surface area contributed by atoms with Crippen molar-refractivity contribution in [2.24, 2.45) is 5.41 Å². The predicted molar refractivity (Wildman–Crippen MR) is 112 cm³/mol. The molecule has 2 amide bonds. The zero-order chi connectivity index (χ0) is 20.0. The van der Waals surface area contributed by atoms with Crippen LogP contribution < -0.4 is 5.32 Å². The third kappa shape index (κ3) is 5.69. The molecule has 1 saturated heterocycles. The summed E-state index contributed by atoms with van der Waals surface area (Å²) in [4.78, 5) is 16.8. The molecule has 5 nitrogen and oxygen atoms in total. The number of hydrogen-bond donors (Lipinski definition) is 2. The van der Waals surface area contributed by atoms with Crippen LogP contribution >= 0.6 is 0 Å². The summed E-state index contributed by atoms with van der Waals surface area (Å²) in [6, 6.07) is 7.82. The summed E-state index contributed by atoms with van der Waals surface area (Å²) in [6.07, 6.45) is 3.55. The van der Waals surface area contributed by atoms with Crippen LogP contribution in [0.1, 0.15) is 65.0 Å². The van der Waals surface area contributed by atoms with E-state index in [2.05, 4.69) is 37.9 Å². The maximum absolute atomic E-state index is 12.6. The Labute approximate surface area is 164 Å². The van der Waals surface area contributed by atoms with Gasteiger partial charge in [0.15, 0.2) is 0 Å². The van der Waals surface area contributed by atoms with Gasteiger partial charge in [-0.15, -0.1) is 0 Å². The molecule has 0 bridgehead atoms. The van der Waals surface area contributed by atoms with Gasteiger partial charge < -0.3 is 20.2 Å². The fraction of sp³-hybridized carbons (Fsp3) is 0.682. The van der Waals surface area contributed by atoms with Gasteiger partial charge in [0.25, 0.3) is 0 Å². The third-order valence-corrected chi connectivity index (χ3v) is 5.98. The first-order valence-electron chi connectivity index (χ1n) is 10.3. The molecule has 1 aliphatic heterocycles. The first-order valence-corrected chi connectivity index (χ1v) is 10.3. The standard InChI is InChI=1S/C22H37N3O2/c1-6-14-22(3,4)20(26)17-8-10-18(11-9-17)23-21(27)24(5)19-12-15-25(7-2)16-13-19/h8-11,19-20,26H,6-7,12-16H2,1-5H3,(H,23,27). The second-order valence-corrected chi connectivity index (χ2v) is 8.47. The SMILES string of the molecule is CCCC(C)(C)C(O)c1ccc(NC(=O)N(C)C2CCN(CC)CC2)cc1. The van der Waals surface area contributed by atoms with Crippen molar-refractivity contribution < 1.29 is 9.90 Å². The lowest BCUT2D eigenvalue weighted by atomic mass is 9.79. The molecule has 2 N–H and O–H groups in total. The summed E-state index contributed by atoms with van der Waals surface area (Å²) in [5.41, 5.74) is 1.50. The largest absolute Gasteiger partial charge is 0.388 e. The highest BCUT2D eigenvalue weighted by Gasteiger charge is 2.28. The molecule has 1 fully saturated rings. The van der Waals surface area contributed by atoms with Gasteiger partial charge in [0, 0.05) is 31.9 Å². The molecule has 27 heavy (non-hydrogen) atoms. The number of piperidine rings is 1. The summed E-state index contributed by atoms with van der Waals surface area (Å²) in [5.74, 6) is 0. The highest BCUT2D eigenvalue weighted by atomic mass is 16.3. The molecule has 1 heterocycles. The number of amides is 2. The van der Waals surface area contributed by atoms with Crippen LogP contribution in [-0.4, -0.2) is 53.7 Å². The molecule has 5 heteroatoms. The molecule has 1 aromatic rings. The number of hydrogen-bond acceptors (Lipinski definition) is 3. The molecule has 1 atom stereocenters. The Morgan fingerprint density at radius 3 is 2.37 bits per heavy atom. The summed E-state index contributed by atoms with van der Waals surface area (Å²) in [6.45, 7) is 11.7. The highest BCUT2D eigenvalue weighted by molar-refractivity contribution is 5.89. The highest BCUT2D eigenvalue weighted by Crippen LogP contribution is 2.37. The lowest BCUT2D eigenvalue weighted by Gasteiger charge is -2.36. The molecule has 0 saturated carbocycles. The van der Waals surface area contributed by atoms with Crippen molar-refractivity contribution in [1.82, 2.24) is 9.80 Å². The van der Waals surface area contributed by atoms with Gasteiger partial charge in [-0.3, -0.25) is 0 Å². The first-order chi connectivity index (χ1) is 12.8. The lowest BCUT2D eigenvalue weighted by Crippen LogP contribution is -2.46. The van der Waals surface area contributed by atoms with E-state index < -0.39 is 6.10 Å². The van der Waals surface area contributed by atoms with E-state index >= 15 is 0 Å². The van der Waals surface area contributed by atoms with Crippen LogP contribution in [0.2, 0.25) is 0 Å². The van der Waals surface area contributed by atoms with Gasteiger partial charge in [-0.05, 0) is 48.9 Å². The minimum Gasteiger partial charge on any atom is -0.388 e. The minimum atomic E-state index is -0.506.